The Labute approximate surface area is 83.5 Å². The second-order valence-electron chi connectivity index (χ2n) is 3.73. The summed E-state index contributed by atoms with van der Waals surface area (Å²) < 4.78 is 31.0. The van der Waals surface area contributed by atoms with E-state index in [4.69, 9.17) is 4.55 Å². The van der Waals surface area contributed by atoms with Crippen LogP contribution in [0.1, 0.15) is 18.4 Å². The Balaban J connectivity index is 2.37. The van der Waals surface area contributed by atoms with Crippen molar-refractivity contribution in [3.05, 3.63) is 29.8 Å². The first-order valence-electron chi connectivity index (χ1n) is 4.63. The summed E-state index contributed by atoms with van der Waals surface area (Å²) in [5.41, 5.74) is 0.734. The van der Waals surface area contributed by atoms with Crippen LogP contribution in [0.5, 0.6) is 0 Å². The quantitative estimate of drug-likeness (QED) is 0.778. The average molecular weight is 212 g/mol. The van der Waals surface area contributed by atoms with E-state index < -0.39 is 10.1 Å². The molecule has 0 amide bonds. The topological polar surface area (TPSA) is 54.4 Å². The van der Waals surface area contributed by atoms with Gasteiger partial charge in [-0.05, 0) is 36.8 Å². The lowest BCUT2D eigenvalue weighted by atomic mass is 10.1. The second kappa shape index (κ2) is 3.37. The van der Waals surface area contributed by atoms with E-state index in [2.05, 4.69) is 0 Å². The van der Waals surface area contributed by atoms with Crippen molar-refractivity contribution in [2.45, 2.75) is 24.2 Å². The van der Waals surface area contributed by atoms with E-state index in [1.807, 2.05) is 0 Å². The summed E-state index contributed by atoms with van der Waals surface area (Å²) in [6.45, 7) is 0. The largest absolute Gasteiger partial charge is 0.294 e. The van der Waals surface area contributed by atoms with Crippen LogP contribution >= 0.6 is 0 Å². The molecule has 1 aliphatic rings. The number of rotatable bonds is 3. The van der Waals surface area contributed by atoms with E-state index in [1.165, 1.54) is 18.9 Å². The van der Waals surface area contributed by atoms with E-state index in [0.29, 0.717) is 5.92 Å². The van der Waals surface area contributed by atoms with Crippen molar-refractivity contribution in [1.29, 1.82) is 0 Å². The molecule has 1 N–H and O–H groups in total. The van der Waals surface area contributed by atoms with Gasteiger partial charge in [-0.1, -0.05) is 18.2 Å². The Morgan fingerprint density at radius 1 is 1.29 bits per heavy atom. The van der Waals surface area contributed by atoms with E-state index in [9.17, 15) is 8.42 Å². The van der Waals surface area contributed by atoms with Crippen molar-refractivity contribution in [3.8, 4) is 0 Å². The maximum Gasteiger partial charge on any atom is 0.294 e. The molecule has 0 aliphatic heterocycles. The zero-order chi connectivity index (χ0) is 10.2. The summed E-state index contributed by atoms with van der Waals surface area (Å²) >= 11 is 0. The molecule has 0 atom stereocenters. The van der Waals surface area contributed by atoms with Gasteiger partial charge < -0.3 is 0 Å². The monoisotopic (exact) mass is 212 g/mol. The Morgan fingerprint density at radius 3 is 2.50 bits per heavy atom. The fraction of sp³-hybridized carbons (Fsp3) is 0.400. The standard InChI is InChI=1S/C10H12O3S/c11-14(12,13)10-4-2-1-3-9(10)7-8-5-6-8/h1-4,8H,5-7H2,(H,11,12,13). The number of benzene rings is 1. The summed E-state index contributed by atoms with van der Waals surface area (Å²) in [5, 5.41) is 0. The van der Waals surface area contributed by atoms with Crippen LogP contribution in [0.15, 0.2) is 29.2 Å². The summed E-state index contributed by atoms with van der Waals surface area (Å²) in [6.07, 6.45) is 3.09. The third kappa shape index (κ3) is 2.13. The van der Waals surface area contributed by atoms with E-state index >= 15 is 0 Å². The second-order valence-corrected chi connectivity index (χ2v) is 5.12. The molecule has 0 saturated heterocycles. The van der Waals surface area contributed by atoms with Gasteiger partial charge >= 0.3 is 0 Å². The lowest BCUT2D eigenvalue weighted by Crippen LogP contribution is -2.03. The highest BCUT2D eigenvalue weighted by atomic mass is 32.2. The van der Waals surface area contributed by atoms with Crippen LogP contribution in [0.4, 0.5) is 0 Å². The fourth-order valence-corrected chi connectivity index (χ4v) is 2.29. The maximum absolute atomic E-state index is 11.0. The van der Waals surface area contributed by atoms with Gasteiger partial charge in [0.15, 0.2) is 0 Å². The van der Waals surface area contributed by atoms with Gasteiger partial charge in [-0.2, -0.15) is 8.42 Å². The third-order valence-electron chi connectivity index (χ3n) is 2.46. The Hall–Kier alpha value is -0.870. The van der Waals surface area contributed by atoms with E-state index in [0.717, 1.165) is 12.0 Å². The van der Waals surface area contributed by atoms with Crippen molar-refractivity contribution >= 4 is 10.1 Å². The highest BCUT2D eigenvalue weighted by Gasteiger charge is 2.24. The van der Waals surface area contributed by atoms with Gasteiger partial charge in [-0.25, -0.2) is 0 Å². The maximum atomic E-state index is 11.0. The van der Waals surface area contributed by atoms with Gasteiger partial charge in [-0.3, -0.25) is 4.55 Å². The summed E-state index contributed by atoms with van der Waals surface area (Å²) in [6, 6.07) is 6.64. The van der Waals surface area contributed by atoms with Crippen molar-refractivity contribution in [2.75, 3.05) is 0 Å². The Kier molecular flexibility index (Phi) is 2.33. The van der Waals surface area contributed by atoms with Crippen LogP contribution in [-0.4, -0.2) is 13.0 Å². The molecule has 4 heteroatoms. The van der Waals surface area contributed by atoms with Crippen molar-refractivity contribution < 1.29 is 13.0 Å². The van der Waals surface area contributed by atoms with Crippen LogP contribution in [-0.2, 0) is 16.5 Å². The van der Waals surface area contributed by atoms with Gasteiger partial charge in [-0.15, -0.1) is 0 Å². The molecule has 0 heterocycles. The molecule has 0 spiro atoms. The van der Waals surface area contributed by atoms with E-state index in [1.54, 1.807) is 18.2 Å². The zero-order valence-electron chi connectivity index (χ0n) is 7.68. The molecule has 1 fully saturated rings. The third-order valence-corrected chi connectivity index (χ3v) is 3.41. The molecule has 76 valence electrons. The molecule has 0 aromatic heterocycles. The van der Waals surface area contributed by atoms with Crippen LogP contribution in [0, 0.1) is 5.92 Å². The van der Waals surface area contributed by atoms with Gasteiger partial charge in [0.2, 0.25) is 0 Å². The highest BCUT2D eigenvalue weighted by molar-refractivity contribution is 7.85. The summed E-state index contributed by atoms with van der Waals surface area (Å²) in [4.78, 5) is 0.0619. The molecular weight excluding hydrogens is 200 g/mol. The highest BCUT2D eigenvalue weighted by Crippen LogP contribution is 2.34. The molecular formula is C10H12O3S. The minimum atomic E-state index is -4.05. The van der Waals surface area contributed by atoms with Crippen LogP contribution in [0.3, 0.4) is 0 Å². The van der Waals surface area contributed by atoms with Gasteiger partial charge in [0.1, 0.15) is 0 Å². The van der Waals surface area contributed by atoms with Crippen LogP contribution in [0.25, 0.3) is 0 Å². The first-order valence-corrected chi connectivity index (χ1v) is 6.07. The zero-order valence-corrected chi connectivity index (χ0v) is 8.50. The lowest BCUT2D eigenvalue weighted by molar-refractivity contribution is 0.482. The van der Waals surface area contributed by atoms with Gasteiger partial charge in [0.05, 0.1) is 4.90 Å². The molecule has 0 bridgehead atoms. The minimum Gasteiger partial charge on any atom is -0.282 e. The number of hydrogen-bond acceptors (Lipinski definition) is 2. The van der Waals surface area contributed by atoms with Crippen molar-refractivity contribution in [3.63, 3.8) is 0 Å². The summed E-state index contributed by atoms with van der Waals surface area (Å²) in [7, 11) is -4.05. The van der Waals surface area contributed by atoms with E-state index in [-0.39, 0.29) is 4.90 Å². The molecule has 14 heavy (non-hydrogen) atoms. The molecule has 3 nitrogen and oxygen atoms in total. The van der Waals surface area contributed by atoms with Gasteiger partial charge in [0.25, 0.3) is 10.1 Å². The van der Waals surface area contributed by atoms with Crippen molar-refractivity contribution in [2.24, 2.45) is 5.92 Å². The molecule has 1 aromatic rings. The first-order chi connectivity index (χ1) is 6.57. The SMILES string of the molecule is O=S(=O)(O)c1ccccc1CC1CC1. The lowest BCUT2D eigenvalue weighted by Gasteiger charge is -2.05. The normalized spacial score (nSPS) is 16.9. The Morgan fingerprint density at radius 2 is 1.93 bits per heavy atom. The predicted molar refractivity (Wildman–Crippen MR) is 52.7 cm³/mol. The Bertz CT molecular complexity index is 432. The average Bonchev–Trinajstić information content (AvgIpc) is 2.87. The fourth-order valence-electron chi connectivity index (χ4n) is 1.56. The van der Waals surface area contributed by atoms with Crippen molar-refractivity contribution in [1.82, 2.24) is 0 Å². The summed E-state index contributed by atoms with van der Waals surface area (Å²) in [5.74, 6) is 0.609. The molecule has 0 radical (unpaired) electrons. The molecule has 1 aromatic carbocycles. The van der Waals surface area contributed by atoms with Crippen LogP contribution in [0.2, 0.25) is 0 Å². The predicted octanol–water partition coefficient (Wildman–Crippen LogP) is 1.89. The van der Waals surface area contributed by atoms with Crippen LogP contribution < -0.4 is 0 Å². The molecule has 1 aliphatic carbocycles. The number of hydrogen-bond donors (Lipinski definition) is 1. The molecule has 0 unspecified atom stereocenters. The molecule has 1 saturated carbocycles. The van der Waals surface area contributed by atoms with Gasteiger partial charge in [0, 0.05) is 0 Å². The minimum absolute atomic E-state index is 0.0619. The molecule has 2 rings (SSSR count). The smallest absolute Gasteiger partial charge is 0.282 e. The first kappa shape index (κ1) is 9.68.